The van der Waals surface area contributed by atoms with Gasteiger partial charge in [0, 0.05) is 6.04 Å². The number of hydrogen-bond donors (Lipinski definition) is 1. The fraction of sp³-hybridized carbons (Fsp3) is 0.133. The molecule has 2 aromatic rings. The molecule has 92 valence electrons. The maximum Gasteiger partial charge on any atom is 0.215 e. The van der Waals surface area contributed by atoms with Crippen molar-refractivity contribution in [3.05, 3.63) is 60.7 Å². The zero-order valence-corrected chi connectivity index (χ0v) is 11.5. The Morgan fingerprint density at radius 1 is 0.944 bits per heavy atom. The van der Waals surface area contributed by atoms with Gasteiger partial charge in [-0.2, -0.15) is 0 Å². The van der Waals surface area contributed by atoms with Crippen LogP contribution >= 0.6 is 0 Å². The Morgan fingerprint density at radius 2 is 1.33 bits per heavy atom. The predicted molar refractivity (Wildman–Crippen MR) is 77.8 cm³/mol. The van der Waals surface area contributed by atoms with E-state index in [-0.39, 0.29) is 5.91 Å². The van der Waals surface area contributed by atoms with Gasteiger partial charge in [-0.05, 0) is 0 Å². The molecule has 0 radical (unpaired) electrons. The van der Waals surface area contributed by atoms with Crippen molar-refractivity contribution in [2.75, 3.05) is 0 Å². The third-order valence-corrected chi connectivity index (χ3v) is 7.62. The lowest BCUT2D eigenvalue weighted by atomic mass is 10.4. The van der Waals surface area contributed by atoms with Crippen molar-refractivity contribution in [2.45, 2.75) is 12.6 Å². The van der Waals surface area contributed by atoms with Crippen molar-refractivity contribution in [3.63, 3.8) is 0 Å². The molecule has 0 saturated heterocycles. The average molecular weight is 255 g/mol. The summed E-state index contributed by atoms with van der Waals surface area (Å²) in [6.07, 6.45) is 0. The van der Waals surface area contributed by atoms with Gasteiger partial charge in [0.25, 0.3) is 0 Å². The van der Waals surface area contributed by atoms with Crippen LogP contribution in [0.25, 0.3) is 0 Å². The van der Waals surface area contributed by atoms with E-state index in [1.165, 1.54) is 10.4 Å². The van der Waals surface area contributed by atoms with Gasteiger partial charge >= 0.3 is 0 Å². The monoisotopic (exact) mass is 255 g/mol. The highest BCUT2D eigenvalue weighted by atomic mass is 28.3. The quantitative estimate of drug-likeness (QED) is 0.824. The standard InChI is InChI=1S/C15H17NOSi/c1-18(12-15(16)17,13-8-4-2-5-9-13)14-10-6-3-7-11-14/h2-11H,12H2,1H3,(H2,16,17). The number of hydrogen-bond acceptors (Lipinski definition) is 1. The number of carbonyl (C=O) groups is 1. The number of nitrogens with two attached hydrogens (primary N) is 1. The van der Waals surface area contributed by atoms with Crippen LogP contribution in [0.4, 0.5) is 0 Å². The van der Waals surface area contributed by atoms with Crippen LogP contribution in [0.1, 0.15) is 0 Å². The minimum atomic E-state index is -2.04. The number of rotatable bonds is 4. The lowest BCUT2D eigenvalue weighted by molar-refractivity contribution is -0.116. The summed E-state index contributed by atoms with van der Waals surface area (Å²) in [5.74, 6) is -0.225. The summed E-state index contributed by atoms with van der Waals surface area (Å²) in [4.78, 5) is 11.4. The van der Waals surface area contributed by atoms with Gasteiger partial charge in [-0.1, -0.05) is 77.6 Å². The Balaban J connectivity index is 2.51. The minimum Gasteiger partial charge on any atom is -0.370 e. The van der Waals surface area contributed by atoms with E-state index in [9.17, 15) is 4.79 Å². The molecule has 0 saturated carbocycles. The molecule has 0 atom stereocenters. The molecule has 0 bridgehead atoms. The average Bonchev–Trinajstić information content (AvgIpc) is 2.40. The lowest BCUT2D eigenvalue weighted by Gasteiger charge is -2.27. The van der Waals surface area contributed by atoms with Crippen molar-refractivity contribution < 1.29 is 4.79 Å². The molecule has 3 heteroatoms. The summed E-state index contributed by atoms with van der Waals surface area (Å²) < 4.78 is 0. The second kappa shape index (κ2) is 5.19. The molecule has 2 aromatic carbocycles. The Kier molecular flexibility index (Phi) is 3.62. The smallest absolute Gasteiger partial charge is 0.215 e. The van der Waals surface area contributed by atoms with Crippen molar-refractivity contribution >= 4 is 24.4 Å². The Morgan fingerprint density at radius 3 is 1.67 bits per heavy atom. The van der Waals surface area contributed by atoms with Crippen molar-refractivity contribution in [1.82, 2.24) is 0 Å². The van der Waals surface area contributed by atoms with E-state index in [0.29, 0.717) is 6.04 Å². The molecule has 2 nitrogen and oxygen atoms in total. The summed E-state index contributed by atoms with van der Waals surface area (Å²) >= 11 is 0. The van der Waals surface area contributed by atoms with E-state index in [1.807, 2.05) is 36.4 Å². The van der Waals surface area contributed by atoms with Crippen molar-refractivity contribution in [3.8, 4) is 0 Å². The van der Waals surface area contributed by atoms with E-state index < -0.39 is 8.07 Å². The molecule has 0 aliphatic rings. The molecule has 0 fully saturated rings. The zero-order valence-electron chi connectivity index (χ0n) is 10.5. The third-order valence-electron chi connectivity index (χ3n) is 3.35. The van der Waals surface area contributed by atoms with E-state index >= 15 is 0 Å². The van der Waals surface area contributed by atoms with Crippen LogP contribution in [0.15, 0.2) is 60.7 Å². The highest BCUT2D eigenvalue weighted by Crippen LogP contribution is 2.10. The minimum absolute atomic E-state index is 0.225. The number of primary amides is 1. The first-order valence-electron chi connectivity index (χ1n) is 6.02. The van der Waals surface area contributed by atoms with E-state index in [1.54, 1.807) is 0 Å². The van der Waals surface area contributed by atoms with Gasteiger partial charge in [-0.15, -0.1) is 0 Å². The van der Waals surface area contributed by atoms with Crippen molar-refractivity contribution in [1.29, 1.82) is 0 Å². The second-order valence-corrected chi connectivity index (χ2v) is 8.88. The number of benzene rings is 2. The topological polar surface area (TPSA) is 43.1 Å². The molecule has 0 aromatic heterocycles. The molecule has 18 heavy (non-hydrogen) atoms. The Hall–Kier alpha value is -1.87. The summed E-state index contributed by atoms with van der Waals surface area (Å²) in [5.41, 5.74) is 5.45. The van der Waals surface area contributed by atoms with E-state index in [4.69, 9.17) is 5.73 Å². The molecule has 0 aliphatic carbocycles. The molecular formula is C15H17NOSi. The van der Waals surface area contributed by atoms with Gasteiger partial charge < -0.3 is 5.73 Å². The zero-order chi connectivity index (χ0) is 13.0. The van der Waals surface area contributed by atoms with Crippen LogP contribution in [0, 0.1) is 0 Å². The summed E-state index contributed by atoms with van der Waals surface area (Å²) in [6, 6.07) is 20.9. The van der Waals surface area contributed by atoms with Crippen LogP contribution in [0.5, 0.6) is 0 Å². The van der Waals surface area contributed by atoms with Gasteiger partial charge in [0.2, 0.25) is 5.91 Å². The molecule has 1 amide bonds. The molecule has 0 aliphatic heterocycles. The van der Waals surface area contributed by atoms with Crippen LogP contribution in [0.2, 0.25) is 12.6 Å². The molecule has 2 rings (SSSR count). The van der Waals surface area contributed by atoms with Gasteiger partial charge in [0.05, 0.1) is 0 Å². The lowest BCUT2D eigenvalue weighted by Crippen LogP contribution is -2.57. The maximum atomic E-state index is 11.4. The third kappa shape index (κ3) is 2.51. The van der Waals surface area contributed by atoms with Gasteiger partial charge in [0.15, 0.2) is 0 Å². The van der Waals surface area contributed by atoms with Crippen LogP contribution < -0.4 is 16.1 Å². The van der Waals surface area contributed by atoms with Crippen molar-refractivity contribution in [2.24, 2.45) is 5.73 Å². The maximum absolute atomic E-state index is 11.4. The molecule has 2 N–H and O–H groups in total. The molecule has 0 unspecified atom stereocenters. The summed E-state index contributed by atoms with van der Waals surface area (Å²) in [5, 5.41) is 2.49. The number of amides is 1. The van der Waals surface area contributed by atoms with Gasteiger partial charge in [-0.25, -0.2) is 0 Å². The summed E-state index contributed by atoms with van der Waals surface area (Å²) in [7, 11) is -2.04. The molecule has 0 heterocycles. The highest BCUT2D eigenvalue weighted by molar-refractivity contribution is 7.02. The Bertz CT molecular complexity index is 485. The first-order chi connectivity index (χ1) is 8.63. The SMILES string of the molecule is C[Si](CC(N)=O)(c1ccccc1)c1ccccc1. The highest BCUT2D eigenvalue weighted by Gasteiger charge is 2.33. The fourth-order valence-corrected chi connectivity index (χ4v) is 5.63. The number of carbonyl (C=O) groups excluding carboxylic acids is 1. The van der Waals surface area contributed by atoms with Crippen LogP contribution in [0.3, 0.4) is 0 Å². The van der Waals surface area contributed by atoms with E-state index in [2.05, 4.69) is 30.8 Å². The Labute approximate surface area is 108 Å². The normalized spacial score (nSPS) is 11.2. The fourth-order valence-electron chi connectivity index (χ4n) is 2.33. The molecule has 0 spiro atoms. The van der Waals surface area contributed by atoms with Gasteiger partial charge in [0.1, 0.15) is 8.07 Å². The summed E-state index contributed by atoms with van der Waals surface area (Å²) in [6.45, 7) is 2.20. The first kappa shape index (κ1) is 12.6. The second-order valence-electron chi connectivity index (χ2n) is 4.71. The predicted octanol–water partition coefficient (Wildman–Crippen LogP) is 1.36. The van der Waals surface area contributed by atoms with Crippen LogP contribution in [-0.2, 0) is 4.79 Å². The molecular weight excluding hydrogens is 238 g/mol. The first-order valence-corrected chi connectivity index (χ1v) is 8.73. The van der Waals surface area contributed by atoms with Crippen LogP contribution in [-0.4, -0.2) is 14.0 Å². The van der Waals surface area contributed by atoms with Gasteiger partial charge in [-0.3, -0.25) is 4.79 Å². The van der Waals surface area contributed by atoms with E-state index in [0.717, 1.165) is 0 Å². The largest absolute Gasteiger partial charge is 0.370 e.